The third kappa shape index (κ3) is 2.73. The standard InChI is InChI=1S/C18H15FN4/c19-14-5-7-15(8-6-14)22-17-11-18(21-12-20-17)23-10-9-13-3-1-2-4-16(13)23/h1-8,11-12H,9-10H2,(H,20,21,22). The van der Waals surface area contributed by atoms with Gasteiger partial charge in [-0.3, -0.25) is 0 Å². The summed E-state index contributed by atoms with van der Waals surface area (Å²) in [6.07, 6.45) is 2.56. The monoisotopic (exact) mass is 306 g/mol. The number of anilines is 4. The second-order valence-corrected chi connectivity index (χ2v) is 5.42. The highest BCUT2D eigenvalue weighted by Crippen LogP contribution is 2.33. The number of rotatable bonds is 3. The molecule has 1 aliphatic heterocycles. The maximum atomic E-state index is 13.0. The van der Waals surface area contributed by atoms with Gasteiger partial charge >= 0.3 is 0 Å². The largest absolute Gasteiger partial charge is 0.340 e. The zero-order valence-corrected chi connectivity index (χ0v) is 12.4. The summed E-state index contributed by atoms with van der Waals surface area (Å²) in [7, 11) is 0. The Labute approximate surface area is 133 Å². The molecule has 4 rings (SSSR count). The third-order valence-corrected chi connectivity index (χ3v) is 3.93. The van der Waals surface area contributed by atoms with E-state index in [-0.39, 0.29) is 5.82 Å². The number of para-hydroxylation sites is 1. The maximum absolute atomic E-state index is 13.0. The molecule has 0 aliphatic carbocycles. The van der Waals surface area contributed by atoms with Crippen LogP contribution in [0.15, 0.2) is 60.9 Å². The van der Waals surface area contributed by atoms with Gasteiger partial charge in [-0.1, -0.05) is 18.2 Å². The van der Waals surface area contributed by atoms with Crippen molar-refractivity contribution >= 4 is 23.0 Å². The number of benzene rings is 2. The van der Waals surface area contributed by atoms with Gasteiger partial charge < -0.3 is 10.2 Å². The van der Waals surface area contributed by atoms with Crippen LogP contribution in [0.4, 0.5) is 27.4 Å². The van der Waals surface area contributed by atoms with E-state index in [1.54, 1.807) is 18.5 Å². The molecule has 1 aliphatic rings. The van der Waals surface area contributed by atoms with E-state index in [2.05, 4.69) is 38.4 Å². The summed E-state index contributed by atoms with van der Waals surface area (Å²) in [4.78, 5) is 10.8. The Bertz CT molecular complexity index is 832. The number of fused-ring (bicyclic) bond motifs is 1. The Morgan fingerprint density at radius 1 is 1.00 bits per heavy atom. The van der Waals surface area contributed by atoms with Crippen molar-refractivity contribution in [2.24, 2.45) is 0 Å². The fourth-order valence-corrected chi connectivity index (χ4v) is 2.82. The molecule has 3 aromatic rings. The van der Waals surface area contributed by atoms with Crippen molar-refractivity contribution in [3.63, 3.8) is 0 Å². The molecule has 5 heteroatoms. The first-order valence-corrected chi connectivity index (χ1v) is 7.50. The van der Waals surface area contributed by atoms with Crippen molar-refractivity contribution in [2.45, 2.75) is 6.42 Å². The summed E-state index contributed by atoms with van der Waals surface area (Å²) >= 11 is 0. The van der Waals surface area contributed by atoms with E-state index in [9.17, 15) is 4.39 Å². The lowest BCUT2D eigenvalue weighted by Gasteiger charge is -2.18. The van der Waals surface area contributed by atoms with Crippen LogP contribution in [0.25, 0.3) is 0 Å². The summed E-state index contributed by atoms with van der Waals surface area (Å²) < 4.78 is 13.0. The molecular weight excluding hydrogens is 291 g/mol. The lowest BCUT2D eigenvalue weighted by Crippen LogP contribution is -2.15. The van der Waals surface area contributed by atoms with Crippen molar-refractivity contribution in [3.8, 4) is 0 Å². The van der Waals surface area contributed by atoms with Crippen LogP contribution in [0.5, 0.6) is 0 Å². The van der Waals surface area contributed by atoms with Gasteiger partial charge in [0.2, 0.25) is 0 Å². The number of halogens is 1. The normalized spacial score (nSPS) is 13.0. The predicted molar refractivity (Wildman–Crippen MR) is 88.9 cm³/mol. The highest BCUT2D eigenvalue weighted by Gasteiger charge is 2.20. The smallest absolute Gasteiger partial charge is 0.138 e. The van der Waals surface area contributed by atoms with Gasteiger partial charge in [0, 0.05) is 24.0 Å². The molecular formula is C18H15FN4. The second kappa shape index (κ2) is 5.68. The molecule has 23 heavy (non-hydrogen) atoms. The first-order valence-electron chi connectivity index (χ1n) is 7.50. The minimum absolute atomic E-state index is 0.257. The second-order valence-electron chi connectivity index (χ2n) is 5.42. The van der Waals surface area contributed by atoms with Crippen molar-refractivity contribution in [1.29, 1.82) is 0 Å². The van der Waals surface area contributed by atoms with E-state index >= 15 is 0 Å². The van der Waals surface area contributed by atoms with Crippen LogP contribution in [0.1, 0.15) is 5.56 Å². The third-order valence-electron chi connectivity index (χ3n) is 3.93. The number of nitrogens with one attached hydrogen (secondary N) is 1. The van der Waals surface area contributed by atoms with Gasteiger partial charge in [0.15, 0.2) is 0 Å². The van der Waals surface area contributed by atoms with E-state index in [1.165, 1.54) is 23.4 Å². The molecule has 2 heterocycles. The lowest BCUT2D eigenvalue weighted by atomic mass is 10.2. The first kappa shape index (κ1) is 13.7. The molecule has 0 radical (unpaired) electrons. The Hall–Kier alpha value is -2.95. The molecule has 2 aromatic carbocycles. The minimum Gasteiger partial charge on any atom is -0.340 e. The zero-order chi connectivity index (χ0) is 15.6. The average molecular weight is 306 g/mol. The van der Waals surface area contributed by atoms with E-state index in [1.807, 2.05) is 12.1 Å². The zero-order valence-electron chi connectivity index (χ0n) is 12.4. The summed E-state index contributed by atoms with van der Waals surface area (Å²) in [5, 5.41) is 3.17. The number of nitrogens with zero attached hydrogens (tertiary/aromatic N) is 3. The van der Waals surface area contributed by atoms with Crippen molar-refractivity contribution in [1.82, 2.24) is 9.97 Å². The molecule has 1 N–H and O–H groups in total. The van der Waals surface area contributed by atoms with Crippen LogP contribution < -0.4 is 10.2 Å². The van der Waals surface area contributed by atoms with Crippen LogP contribution in [-0.2, 0) is 6.42 Å². The van der Waals surface area contributed by atoms with Gasteiger partial charge in [0.05, 0.1) is 0 Å². The molecule has 0 fully saturated rings. The predicted octanol–water partition coefficient (Wildman–Crippen LogP) is 4.05. The number of hydrogen-bond acceptors (Lipinski definition) is 4. The van der Waals surface area contributed by atoms with Crippen molar-refractivity contribution in [3.05, 3.63) is 72.3 Å². The average Bonchev–Trinajstić information content (AvgIpc) is 3.01. The van der Waals surface area contributed by atoms with Gasteiger partial charge in [-0.15, -0.1) is 0 Å². The van der Waals surface area contributed by atoms with Crippen LogP contribution in [0.2, 0.25) is 0 Å². The van der Waals surface area contributed by atoms with E-state index in [0.29, 0.717) is 5.82 Å². The molecule has 0 spiro atoms. The summed E-state index contributed by atoms with van der Waals surface area (Å²) in [5.74, 6) is 1.29. The molecule has 4 nitrogen and oxygen atoms in total. The molecule has 0 saturated carbocycles. The van der Waals surface area contributed by atoms with E-state index < -0.39 is 0 Å². The van der Waals surface area contributed by atoms with Gasteiger partial charge in [0.1, 0.15) is 23.8 Å². The molecule has 0 unspecified atom stereocenters. The topological polar surface area (TPSA) is 41.0 Å². The maximum Gasteiger partial charge on any atom is 0.138 e. The minimum atomic E-state index is -0.257. The van der Waals surface area contributed by atoms with Gasteiger partial charge in [0.25, 0.3) is 0 Å². The highest BCUT2D eigenvalue weighted by atomic mass is 19.1. The van der Waals surface area contributed by atoms with E-state index in [4.69, 9.17) is 0 Å². The molecule has 1 aromatic heterocycles. The van der Waals surface area contributed by atoms with Crippen LogP contribution in [0.3, 0.4) is 0 Å². The number of aromatic nitrogens is 2. The molecule has 114 valence electrons. The van der Waals surface area contributed by atoms with E-state index in [0.717, 1.165) is 24.5 Å². The Balaban J connectivity index is 1.61. The fraction of sp³-hybridized carbons (Fsp3) is 0.111. The first-order chi connectivity index (χ1) is 11.3. The van der Waals surface area contributed by atoms with Gasteiger partial charge in [-0.05, 0) is 42.3 Å². The molecule has 0 atom stereocenters. The van der Waals surface area contributed by atoms with Gasteiger partial charge in [-0.25, -0.2) is 14.4 Å². The molecule has 0 saturated heterocycles. The summed E-state index contributed by atoms with van der Waals surface area (Å²) in [6, 6.07) is 16.5. The van der Waals surface area contributed by atoms with Crippen LogP contribution >= 0.6 is 0 Å². The van der Waals surface area contributed by atoms with Crippen molar-refractivity contribution < 1.29 is 4.39 Å². The summed E-state index contributed by atoms with van der Waals surface area (Å²) in [5.41, 5.74) is 3.32. The Kier molecular flexibility index (Phi) is 3.38. The Morgan fingerprint density at radius 3 is 2.70 bits per heavy atom. The number of hydrogen-bond donors (Lipinski definition) is 1. The van der Waals surface area contributed by atoms with Gasteiger partial charge in [-0.2, -0.15) is 0 Å². The Morgan fingerprint density at radius 2 is 1.83 bits per heavy atom. The molecule has 0 amide bonds. The van der Waals surface area contributed by atoms with Crippen LogP contribution in [0, 0.1) is 5.82 Å². The SMILES string of the molecule is Fc1ccc(Nc2cc(N3CCc4ccccc43)ncn2)cc1. The fourth-order valence-electron chi connectivity index (χ4n) is 2.82. The molecule has 0 bridgehead atoms. The highest BCUT2D eigenvalue weighted by molar-refractivity contribution is 5.69. The van der Waals surface area contributed by atoms with Crippen molar-refractivity contribution in [2.75, 3.05) is 16.8 Å². The summed E-state index contributed by atoms with van der Waals surface area (Å²) in [6.45, 7) is 0.909. The van der Waals surface area contributed by atoms with Crippen LogP contribution in [-0.4, -0.2) is 16.5 Å². The quantitative estimate of drug-likeness (QED) is 0.792. The lowest BCUT2D eigenvalue weighted by molar-refractivity contribution is 0.628.